The average Bonchev–Trinajstić information content (AvgIpc) is 2.75. The summed E-state index contributed by atoms with van der Waals surface area (Å²) >= 11 is 0. The predicted octanol–water partition coefficient (Wildman–Crippen LogP) is 5.01. The van der Waals surface area contributed by atoms with Gasteiger partial charge in [0.15, 0.2) is 0 Å². The molecular formula is C25H26FNO4. The minimum atomic E-state index is -1.47. The number of aliphatic carboxylic acids is 2. The van der Waals surface area contributed by atoms with Gasteiger partial charge in [-0.3, -0.25) is 0 Å². The third-order valence-corrected chi connectivity index (χ3v) is 6.04. The molecule has 3 rings (SSSR count). The molecule has 31 heavy (non-hydrogen) atoms. The quantitative estimate of drug-likeness (QED) is 0.654. The van der Waals surface area contributed by atoms with Crippen LogP contribution >= 0.6 is 0 Å². The van der Waals surface area contributed by atoms with E-state index in [0.29, 0.717) is 24.2 Å². The Morgan fingerprint density at radius 1 is 1.00 bits per heavy atom. The molecule has 2 aromatic carbocycles. The van der Waals surface area contributed by atoms with Crippen molar-refractivity contribution in [3.8, 4) is 0 Å². The summed E-state index contributed by atoms with van der Waals surface area (Å²) < 4.78 is 14.5. The molecule has 162 valence electrons. The standard InChI is InChI=1S/C25H26FNO4/c1-4-21-22(24(30)31)25(5-2,18-12-9-13-20(26)16(18)3)19(23(28)29)15-27(21)14-17-10-7-6-8-11-17/h6-13,15H,4-5,14H2,1-3H3,(H,28,29)(H,30,31). The highest BCUT2D eigenvalue weighted by molar-refractivity contribution is 6.00. The number of allylic oxidation sites excluding steroid dienone is 1. The highest BCUT2D eigenvalue weighted by atomic mass is 19.1. The van der Waals surface area contributed by atoms with Gasteiger partial charge in [-0.15, -0.1) is 0 Å². The predicted molar refractivity (Wildman–Crippen MR) is 116 cm³/mol. The van der Waals surface area contributed by atoms with Crippen molar-refractivity contribution in [2.45, 2.75) is 45.6 Å². The van der Waals surface area contributed by atoms with E-state index in [2.05, 4.69) is 0 Å². The molecule has 1 aliphatic heterocycles. The van der Waals surface area contributed by atoms with Gasteiger partial charge >= 0.3 is 11.9 Å². The largest absolute Gasteiger partial charge is 0.478 e. The van der Waals surface area contributed by atoms with Crippen LogP contribution in [0.5, 0.6) is 0 Å². The van der Waals surface area contributed by atoms with E-state index in [1.165, 1.54) is 18.3 Å². The Morgan fingerprint density at radius 3 is 2.23 bits per heavy atom. The number of hydrogen-bond acceptors (Lipinski definition) is 3. The number of carboxylic acid groups (broad SMARTS) is 2. The zero-order valence-corrected chi connectivity index (χ0v) is 17.9. The van der Waals surface area contributed by atoms with Gasteiger partial charge in [-0.05, 0) is 42.5 Å². The minimum absolute atomic E-state index is 0.0120. The second kappa shape index (κ2) is 8.76. The molecule has 5 nitrogen and oxygen atoms in total. The Labute approximate surface area is 181 Å². The van der Waals surface area contributed by atoms with Gasteiger partial charge in [0.2, 0.25) is 0 Å². The van der Waals surface area contributed by atoms with Crippen molar-refractivity contribution >= 4 is 11.9 Å². The van der Waals surface area contributed by atoms with Gasteiger partial charge in [-0.2, -0.15) is 0 Å². The highest BCUT2D eigenvalue weighted by Crippen LogP contribution is 2.49. The van der Waals surface area contributed by atoms with Gasteiger partial charge in [-0.25, -0.2) is 14.0 Å². The van der Waals surface area contributed by atoms with Crippen molar-refractivity contribution in [2.75, 3.05) is 0 Å². The van der Waals surface area contributed by atoms with Gasteiger partial charge in [0.05, 0.1) is 16.6 Å². The Hall–Kier alpha value is -3.41. The lowest BCUT2D eigenvalue weighted by molar-refractivity contribution is -0.134. The molecule has 0 aliphatic carbocycles. The lowest BCUT2D eigenvalue weighted by Crippen LogP contribution is -2.44. The van der Waals surface area contributed by atoms with Crippen LogP contribution in [0.3, 0.4) is 0 Å². The lowest BCUT2D eigenvalue weighted by Gasteiger charge is -2.43. The van der Waals surface area contributed by atoms with Crippen molar-refractivity contribution in [2.24, 2.45) is 0 Å². The number of carboxylic acids is 2. The summed E-state index contributed by atoms with van der Waals surface area (Å²) in [5.41, 5.74) is 0.504. The summed E-state index contributed by atoms with van der Waals surface area (Å²) in [6.45, 7) is 5.47. The molecule has 0 fully saturated rings. The number of benzene rings is 2. The first-order valence-corrected chi connectivity index (χ1v) is 10.3. The van der Waals surface area contributed by atoms with Crippen molar-refractivity contribution in [3.05, 3.63) is 94.1 Å². The molecule has 1 atom stereocenters. The topological polar surface area (TPSA) is 77.8 Å². The molecule has 6 heteroatoms. The molecule has 1 unspecified atom stereocenters. The molecule has 0 amide bonds. The summed E-state index contributed by atoms with van der Waals surface area (Å²) in [5.74, 6) is -2.92. The number of nitrogens with zero attached hydrogens (tertiary/aromatic N) is 1. The van der Waals surface area contributed by atoms with Gasteiger partial charge in [0.1, 0.15) is 5.82 Å². The van der Waals surface area contributed by atoms with Crippen LogP contribution in [0.1, 0.15) is 43.4 Å². The molecule has 0 aromatic heterocycles. The first kappa shape index (κ1) is 22.3. The Bertz CT molecular complexity index is 1070. The first-order valence-electron chi connectivity index (χ1n) is 10.3. The van der Waals surface area contributed by atoms with Crippen LogP contribution < -0.4 is 0 Å². The van der Waals surface area contributed by atoms with Crippen LogP contribution in [0.25, 0.3) is 0 Å². The summed E-state index contributed by atoms with van der Waals surface area (Å²) in [5, 5.41) is 20.5. The van der Waals surface area contributed by atoms with E-state index in [1.807, 2.05) is 37.3 Å². The summed E-state index contributed by atoms with van der Waals surface area (Å²) in [4.78, 5) is 26.8. The molecule has 2 aromatic rings. The van der Waals surface area contributed by atoms with E-state index in [1.54, 1.807) is 24.8 Å². The average molecular weight is 423 g/mol. The molecule has 0 radical (unpaired) electrons. The molecule has 0 saturated heterocycles. The van der Waals surface area contributed by atoms with Crippen molar-refractivity contribution in [3.63, 3.8) is 0 Å². The maximum absolute atomic E-state index is 14.5. The fourth-order valence-corrected chi connectivity index (χ4v) is 4.62. The van der Waals surface area contributed by atoms with Crippen LogP contribution in [-0.2, 0) is 21.5 Å². The molecule has 0 bridgehead atoms. The Balaban J connectivity index is 2.35. The molecule has 2 N–H and O–H groups in total. The van der Waals surface area contributed by atoms with Crippen molar-refractivity contribution in [1.82, 2.24) is 4.90 Å². The van der Waals surface area contributed by atoms with Gasteiger partial charge in [0, 0.05) is 18.4 Å². The van der Waals surface area contributed by atoms with Crippen molar-refractivity contribution in [1.29, 1.82) is 0 Å². The third kappa shape index (κ3) is 3.74. The Kier molecular flexibility index (Phi) is 6.29. The highest BCUT2D eigenvalue weighted by Gasteiger charge is 2.50. The van der Waals surface area contributed by atoms with Crippen LogP contribution in [0.15, 0.2) is 71.6 Å². The maximum Gasteiger partial charge on any atom is 0.334 e. The molecule has 1 heterocycles. The second-order valence-corrected chi connectivity index (χ2v) is 7.61. The van der Waals surface area contributed by atoms with E-state index in [4.69, 9.17) is 0 Å². The SMILES string of the molecule is CCC1=C(C(=O)O)C(CC)(c2cccc(F)c2C)C(C(=O)O)=CN1Cc1ccccc1. The van der Waals surface area contributed by atoms with Crippen LogP contribution in [-0.4, -0.2) is 27.1 Å². The molecule has 0 spiro atoms. The normalized spacial score (nSPS) is 18.7. The Morgan fingerprint density at radius 2 is 1.68 bits per heavy atom. The summed E-state index contributed by atoms with van der Waals surface area (Å²) in [6, 6.07) is 13.9. The van der Waals surface area contributed by atoms with Crippen molar-refractivity contribution < 1.29 is 24.2 Å². The fraction of sp³-hybridized carbons (Fsp3) is 0.280. The number of halogens is 1. The molecule has 1 aliphatic rings. The van der Waals surface area contributed by atoms with Crippen LogP contribution in [0, 0.1) is 12.7 Å². The van der Waals surface area contributed by atoms with Crippen LogP contribution in [0.2, 0.25) is 0 Å². The van der Waals surface area contributed by atoms with E-state index >= 15 is 0 Å². The number of carbonyl (C=O) groups is 2. The zero-order chi connectivity index (χ0) is 22.8. The third-order valence-electron chi connectivity index (χ3n) is 6.04. The fourth-order valence-electron chi connectivity index (χ4n) is 4.62. The molecule has 0 saturated carbocycles. The number of rotatable bonds is 7. The van der Waals surface area contributed by atoms with E-state index in [-0.39, 0.29) is 23.1 Å². The lowest BCUT2D eigenvalue weighted by atomic mass is 9.63. The second-order valence-electron chi connectivity index (χ2n) is 7.61. The van der Waals surface area contributed by atoms with E-state index < -0.39 is 23.2 Å². The first-order chi connectivity index (χ1) is 14.8. The van der Waals surface area contributed by atoms with Gasteiger partial charge in [-0.1, -0.05) is 56.3 Å². The zero-order valence-electron chi connectivity index (χ0n) is 17.9. The van der Waals surface area contributed by atoms with Gasteiger partial charge in [0.25, 0.3) is 0 Å². The smallest absolute Gasteiger partial charge is 0.334 e. The van der Waals surface area contributed by atoms with E-state index in [9.17, 15) is 24.2 Å². The summed E-state index contributed by atoms with van der Waals surface area (Å²) in [7, 11) is 0. The maximum atomic E-state index is 14.5. The molecular weight excluding hydrogens is 397 g/mol. The van der Waals surface area contributed by atoms with Gasteiger partial charge < -0.3 is 15.1 Å². The summed E-state index contributed by atoms with van der Waals surface area (Å²) in [6.07, 6.45) is 2.07. The van der Waals surface area contributed by atoms with Crippen LogP contribution in [0.4, 0.5) is 4.39 Å². The number of hydrogen-bond donors (Lipinski definition) is 2. The monoisotopic (exact) mass is 423 g/mol. The minimum Gasteiger partial charge on any atom is -0.478 e. The van der Waals surface area contributed by atoms with E-state index in [0.717, 1.165) is 5.56 Å².